The van der Waals surface area contributed by atoms with Gasteiger partial charge in [-0.1, -0.05) is 36.8 Å². The lowest BCUT2D eigenvalue weighted by Gasteiger charge is -2.33. The maximum absolute atomic E-state index is 14.1. The molecule has 0 aliphatic carbocycles. The molecule has 1 heterocycles. The molecular weight excluding hydrogens is 561 g/mol. The van der Waals surface area contributed by atoms with Crippen LogP contribution in [0.1, 0.15) is 38.3 Å². The van der Waals surface area contributed by atoms with Crippen molar-refractivity contribution in [1.82, 2.24) is 10.2 Å². The quantitative estimate of drug-likeness (QED) is 0.351. The molecule has 2 amide bonds. The third-order valence-electron chi connectivity index (χ3n) is 6.79. The van der Waals surface area contributed by atoms with Gasteiger partial charge in [0.1, 0.15) is 31.6 Å². The number of hydrogen-bond donors (Lipinski definition) is 1. The monoisotopic (exact) mass is 597 g/mol. The van der Waals surface area contributed by atoms with Crippen LogP contribution in [0.2, 0.25) is 0 Å². The zero-order chi connectivity index (χ0) is 30.4. The van der Waals surface area contributed by atoms with E-state index >= 15 is 0 Å². The molecule has 1 atom stereocenters. The largest absolute Gasteiger partial charge is 0.486 e. The second-order valence-corrected chi connectivity index (χ2v) is 12.3. The zero-order valence-electron chi connectivity index (χ0n) is 24.2. The summed E-state index contributed by atoms with van der Waals surface area (Å²) in [5.74, 6) is -0.803. The second kappa shape index (κ2) is 13.2. The fourth-order valence-corrected chi connectivity index (χ4v) is 6.07. The second-order valence-electron chi connectivity index (χ2n) is 10.4. The van der Waals surface area contributed by atoms with Gasteiger partial charge in [-0.25, -0.2) is 12.8 Å². The first kappa shape index (κ1) is 30.8. The van der Waals surface area contributed by atoms with Crippen molar-refractivity contribution in [3.63, 3.8) is 0 Å². The Hall–Kier alpha value is -4.12. The molecule has 3 aromatic carbocycles. The van der Waals surface area contributed by atoms with Crippen molar-refractivity contribution in [2.24, 2.45) is 0 Å². The maximum atomic E-state index is 14.1. The van der Waals surface area contributed by atoms with Crippen LogP contribution in [0, 0.1) is 12.7 Å². The smallest absolute Gasteiger partial charge is 0.264 e. The number of anilines is 1. The van der Waals surface area contributed by atoms with E-state index in [1.54, 1.807) is 6.92 Å². The molecular formula is C31H36FN3O6S. The number of aryl methyl sites for hydroxylation is 1. The summed E-state index contributed by atoms with van der Waals surface area (Å²) in [6.45, 7) is 7.46. The standard InChI is InChI=1S/C31H36FN3O6S/c1-5-27(31(37)33-21(2)3)34(19-23-8-6-22(4)7-9-23)30(36)20-35(25-12-10-24(32)11-13-25)42(38,39)26-14-15-28-29(18-26)41-17-16-40-28/h6-15,18,21,27H,5,16-17,19-20H2,1-4H3,(H,33,37)/t27-/m0/s1. The predicted octanol–water partition coefficient (Wildman–Crippen LogP) is 4.43. The van der Waals surface area contributed by atoms with Gasteiger partial charge < -0.3 is 19.7 Å². The molecule has 1 N–H and O–H groups in total. The molecule has 0 fully saturated rings. The normalized spacial score (nSPS) is 13.4. The lowest BCUT2D eigenvalue weighted by Crippen LogP contribution is -2.53. The first-order valence-electron chi connectivity index (χ1n) is 13.8. The average molecular weight is 598 g/mol. The first-order chi connectivity index (χ1) is 20.0. The highest BCUT2D eigenvalue weighted by molar-refractivity contribution is 7.92. The highest BCUT2D eigenvalue weighted by Crippen LogP contribution is 2.34. The molecule has 0 unspecified atom stereocenters. The van der Waals surface area contributed by atoms with Crippen LogP contribution in [0.3, 0.4) is 0 Å². The van der Waals surface area contributed by atoms with Crippen LogP contribution in [0.4, 0.5) is 10.1 Å². The van der Waals surface area contributed by atoms with Crippen molar-refractivity contribution in [3.05, 3.63) is 83.7 Å². The van der Waals surface area contributed by atoms with E-state index in [2.05, 4.69) is 5.32 Å². The van der Waals surface area contributed by atoms with Gasteiger partial charge in [0, 0.05) is 18.7 Å². The topological polar surface area (TPSA) is 105 Å². The summed E-state index contributed by atoms with van der Waals surface area (Å²) in [6, 6.07) is 15.6. The lowest BCUT2D eigenvalue weighted by atomic mass is 10.1. The number of hydrogen-bond acceptors (Lipinski definition) is 6. The van der Waals surface area contributed by atoms with Gasteiger partial charge in [0.05, 0.1) is 10.6 Å². The van der Waals surface area contributed by atoms with Crippen LogP contribution in [-0.2, 0) is 26.2 Å². The van der Waals surface area contributed by atoms with Gasteiger partial charge in [-0.3, -0.25) is 13.9 Å². The molecule has 11 heteroatoms. The van der Waals surface area contributed by atoms with E-state index in [1.165, 1.54) is 35.2 Å². The fourth-order valence-electron chi connectivity index (χ4n) is 4.64. The Morgan fingerprint density at radius 2 is 1.60 bits per heavy atom. The number of ether oxygens (including phenoxy) is 2. The van der Waals surface area contributed by atoms with E-state index in [1.807, 2.05) is 45.0 Å². The molecule has 0 saturated carbocycles. The van der Waals surface area contributed by atoms with E-state index in [4.69, 9.17) is 9.47 Å². The van der Waals surface area contributed by atoms with Crippen LogP contribution in [-0.4, -0.2) is 57.0 Å². The minimum absolute atomic E-state index is 0.0878. The lowest BCUT2D eigenvalue weighted by molar-refractivity contribution is -0.140. The Kier molecular flexibility index (Phi) is 9.72. The van der Waals surface area contributed by atoms with Gasteiger partial charge >= 0.3 is 0 Å². The van der Waals surface area contributed by atoms with E-state index in [0.717, 1.165) is 27.6 Å². The third kappa shape index (κ3) is 7.20. The van der Waals surface area contributed by atoms with E-state index < -0.39 is 34.3 Å². The molecule has 1 aliphatic heterocycles. The van der Waals surface area contributed by atoms with Gasteiger partial charge in [-0.2, -0.15) is 0 Å². The number of halogens is 1. The van der Waals surface area contributed by atoms with Gasteiger partial charge in [-0.15, -0.1) is 0 Å². The Bertz CT molecular complexity index is 1510. The minimum Gasteiger partial charge on any atom is -0.486 e. The number of nitrogens with one attached hydrogen (secondary N) is 1. The zero-order valence-corrected chi connectivity index (χ0v) is 25.0. The molecule has 0 bridgehead atoms. The molecule has 9 nitrogen and oxygen atoms in total. The van der Waals surface area contributed by atoms with Crippen molar-refractivity contribution < 1.29 is 31.9 Å². The Morgan fingerprint density at radius 1 is 0.952 bits per heavy atom. The summed E-state index contributed by atoms with van der Waals surface area (Å²) in [5.41, 5.74) is 1.91. The van der Waals surface area contributed by atoms with Crippen molar-refractivity contribution >= 4 is 27.5 Å². The molecule has 0 spiro atoms. The van der Waals surface area contributed by atoms with Crippen LogP contribution >= 0.6 is 0 Å². The highest BCUT2D eigenvalue weighted by atomic mass is 32.2. The van der Waals surface area contributed by atoms with Gasteiger partial charge in [0.2, 0.25) is 11.8 Å². The van der Waals surface area contributed by atoms with Crippen LogP contribution in [0.15, 0.2) is 71.6 Å². The summed E-state index contributed by atoms with van der Waals surface area (Å²) in [7, 11) is -4.35. The number of benzene rings is 3. The van der Waals surface area contributed by atoms with Crippen molar-refractivity contribution in [1.29, 1.82) is 0 Å². The fraction of sp³-hybridized carbons (Fsp3) is 0.355. The number of sulfonamides is 1. The first-order valence-corrected chi connectivity index (χ1v) is 15.3. The van der Waals surface area contributed by atoms with Crippen LogP contribution in [0.25, 0.3) is 0 Å². The molecule has 42 heavy (non-hydrogen) atoms. The van der Waals surface area contributed by atoms with Crippen molar-refractivity contribution in [2.45, 2.75) is 57.6 Å². The molecule has 3 aromatic rings. The Morgan fingerprint density at radius 3 is 2.21 bits per heavy atom. The summed E-state index contributed by atoms with van der Waals surface area (Å²) < 4.78 is 54.0. The summed E-state index contributed by atoms with van der Waals surface area (Å²) in [5, 5.41) is 2.87. The molecule has 224 valence electrons. The summed E-state index contributed by atoms with van der Waals surface area (Å²) >= 11 is 0. The van der Waals surface area contributed by atoms with Gasteiger partial charge in [-0.05, 0) is 69.2 Å². The van der Waals surface area contributed by atoms with E-state index in [-0.39, 0.29) is 41.4 Å². The maximum Gasteiger partial charge on any atom is 0.264 e. The van der Waals surface area contributed by atoms with Crippen LogP contribution < -0.4 is 19.1 Å². The Labute approximate surface area is 246 Å². The van der Waals surface area contributed by atoms with Crippen LogP contribution in [0.5, 0.6) is 11.5 Å². The van der Waals surface area contributed by atoms with Gasteiger partial charge in [0.25, 0.3) is 10.0 Å². The molecule has 4 rings (SSSR count). The number of amides is 2. The van der Waals surface area contributed by atoms with E-state index in [9.17, 15) is 22.4 Å². The minimum atomic E-state index is -4.35. The number of fused-ring (bicyclic) bond motifs is 1. The molecule has 0 aromatic heterocycles. The number of rotatable bonds is 11. The number of carbonyl (C=O) groups excluding carboxylic acids is 2. The SMILES string of the molecule is CC[C@@H](C(=O)NC(C)C)N(Cc1ccc(C)cc1)C(=O)CN(c1ccc(F)cc1)S(=O)(=O)c1ccc2c(c1)OCCO2. The van der Waals surface area contributed by atoms with Gasteiger partial charge in [0.15, 0.2) is 11.5 Å². The summed E-state index contributed by atoms with van der Waals surface area (Å²) in [4.78, 5) is 28.6. The molecule has 1 aliphatic rings. The average Bonchev–Trinajstić information content (AvgIpc) is 2.96. The molecule has 0 saturated heterocycles. The number of nitrogens with zero attached hydrogens (tertiary/aromatic N) is 2. The van der Waals surface area contributed by atoms with Crippen molar-refractivity contribution in [2.75, 3.05) is 24.1 Å². The third-order valence-corrected chi connectivity index (χ3v) is 8.56. The summed E-state index contributed by atoms with van der Waals surface area (Å²) in [6.07, 6.45) is 0.307. The molecule has 0 radical (unpaired) electrons. The predicted molar refractivity (Wildman–Crippen MR) is 157 cm³/mol. The Balaban J connectivity index is 1.74. The number of carbonyl (C=O) groups is 2. The van der Waals surface area contributed by atoms with Crippen molar-refractivity contribution in [3.8, 4) is 11.5 Å². The van der Waals surface area contributed by atoms with E-state index in [0.29, 0.717) is 18.8 Å². The highest BCUT2D eigenvalue weighted by Gasteiger charge is 2.34.